The monoisotopic (exact) mass is 485 g/mol. The van der Waals surface area contributed by atoms with Crippen LogP contribution in [-0.2, 0) is 14.8 Å². The van der Waals surface area contributed by atoms with E-state index in [0.29, 0.717) is 22.8 Å². The number of carbonyl (C=O) groups excluding carboxylic acids is 1. The molecule has 9 heteroatoms. The molecule has 0 aliphatic heterocycles. The third kappa shape index (κ3) is 5.29. The van der Waals surface area contributed by atoms with Gasteiger partial charge in [-0.3, -0.25) is 4.79 Å². The maximum atomic E-state index is 13.0. The van der Waals surface area contributed by atoms with Gasteiger partial charge in [-0.2, -0.15) is 0 Å². The average molecular weight is 486 g/mol. The van der Waals surface area contributed by atoms with Gasteiger partial charge in [0.2, 0.25) is 15.8 Å². The summed E-state index contributed by atoms with van der Waals surface area (Å²) in [6.07, 6.45) is 0. The lowest BCUT2D eigenvalue weighted by Crippen LogP contribution is -2.36. The number of carbonyl (C=O) groups is 1. The van der Waals surface area contributed by atoms with Gasteiger partial charge in [0.25, 0.3) is 0 Å². The van der Waals surface area contributed by atoms with E-state index in [2.05, 4.69) is 20.7 Å². The van der Waals surface area contributed by atoms with Gasteiger partial charge in [-0.1, -0.05) is 33.6 Å². The van der Waals surface area contributed by atoms with Crippen LogP contribution in [0.1, 0.15) is 24.1 Å². The number of ether oxygens (including phenoxy) is 3. The lowest BCUT2D eigenvalue weighted by molar-refractivity contribution is -0.116. The summed E-state index contributed by atoms with van der Waals surface area (Å²) in [4.78, 5) is 11.4. The van der Waals surface area contributed by atoms with Crippen molar-refractivity contribution in [2.45, 2.75) is 29.6 Å². The van der Waals surface area contributed by atoms with Crippen molar-refractivity contribution >= 4 is 31.7 Å². The van der Waals surface area contributed by atoms with Crippen molar-refractivity contribution in [1.29, 1.82) is 0 Å². The number of ketones is 1. The van der Waals surface area contributed by atoms with E-state index in [-0.39, 0.29) is 10.7 Å². The first kappa shape index (κ1) is 23.2. The summed E-state index contributed by atoms with van der Waals surface area (Å²) in [6.45, 7) is 3.25. The normalized spacial score (nSPS) is 13.4. The molecule has 0 unspecified atom stereocenters. The topological polar surface area (TPSA) is 90.9 Å². The maximum absolute atomic E-state index is 13.0. The van der Waals surface area contributed by atoms with Crippen LogP contribution >= 0.6 is 15.9 Å². The Balaban J connectivity index is 2.57. The third-order valence-corrected chi connectivity index (χ3v) is 6.97. The number of benzene rings is 2. The van der Waals surface area contributed by atoms with Crippen LogP contribution in [0.25, 0.3) is 0 Å². The van der Waals surface area contributed by atoms with E-state index in [1.54, 1.807) is 24.3 Å². The predicted molar refractivity (Wildman–Crippen MR) is 114 cm³/mol. The number of Topliss-reactive ketones (excluding diaryl/α,β-unsaturated/α-hetero) is 1. The number of sulfonamides is 1. The van der Waals surface area contributed by atoms with Crippen LogP contribution in [0.2, 0.25) is 0 Å². The van der Waals surface area contributed by atoms with Crippen molar-refractivity contribution in [3.63, 3.8) is 0 Å². The van der Waals surface area contributed by atoms with Crippen LogP contribution in [-0.4, -0.2) is 40.4 Å². The van der Waals surface area contributed by atoms with Gasteiger partial charge in [0, 0.05) is 0 Å². The van der Waals surface area contributed by atoms with Crippen molar-refractivity contribution in [2.75, 3.05) is 21.3 Å². The second-order valence-electron chi connectivity index (χ2n) is 6.38. The smallest absolute Gasteiger partial charge is 0.241 e. The van der Waals surface area contributed by atoms with E-state index in [9.17, 15) is 13.2 Å². The highest BCUT2D eigenvalue weighted by atomic mass is 79.9. The van der Waals surface area contributed by atoms with E-state index < -0.39 is 20.9 Å². The molecular weight excluding hydrogens is 462 g/mol. The molecule has 0 aromatic heterocycles. The predicted octanol–water partition coefficient (Wildman–Crippen LogP) is 3.39. The number of rotatable bonds is 9. The van der Waals surface area contributed by atoms with E-state index in [1.807, 2.05) is 6.92 Å². The van der Waals surface area contributed by atoms with E-state index in [0.717, 1.165) is 5.56 Å². The van der Waals surface area contributed by atoms with Crippen molar-refractivity contribution < 1.29 is 27.4 Å². The fourth-order valence-electron chi connectivity index (χ4n) is 2.76. The Morgan fingerprint density at radius 1 is 1.00 bits per heavy atom. The third-order valence-electron chi connectivity index (χ3n) is 4.34. The zero-order valence-corrected chi connectivity index (χ0v) is 19.3. The minimum Gasteiger partial charge on any atom is -0.493 e. The molecule has 0 aliphatic carbocycles. The van der Waals surface area contributed by atoms with Gasteiger partial charge in [-0.15, -0.1) is 0 Å². The molecule has 158 valence electrons. The number of nitrogens with one attached hydrogen (secondary N) is 1. The summed E-state index contributed by atoms with van der Waals surface area (Å²) in [7, 11) is 0.493. The highest BCUT2D eigenvalue weighted by Crippen LogP contribution is 2.41. The number of hydrogen-bond donors (Lipinski definition) is 1. The SMILES string of the molecule is COc1cc([C@H](NS(=O)(=O)c2ccc(C)cc2)[C@H](Br)C(C)=O)cc(OC)c1OC. The summed E-state index contributed by atoms with van der Waals surface area (Å²) >= 11 is 3.32. The van der Waals surface area contributed by atoms with Crippen molar-refractivity contribution in [1.82, 2.24) is 4.72 Å². The molecule has 0 bridgehead atoms. The quantitative estimate of drug-likeness (QED) is 0.547. The lowest BCUT2D eigenvalue weighted by Gasteiger charge is -2.24. The Hall–Kier alpha value is -2.10. The molecule has 0 heterocycles. The molecule has 0 fully saturated rings. The molecule has 0 aliphatic rings. The van der Waals surface area contributed by atoms with Crippen molar-refractivity contribution in [2.24, 2.45) is 0 Å². The molecule has 0 radical (unpaired) electrons. The largest absolute Gasteiger partial charge is 0.493 e. The molecule has 29 heavy (non-hydrogen) atoms. The van der Waals surface area contributed by atoms with Gasteiger partial charge in [-0.05, 0) is 43.7 Å². The van der Waals surface area contributed by atoms with Crippen LogP contribution in [0.5, 0.6) is 17.2 Å². The highest BCUT2D eigenvalue weighted by molar-refractivity contribution is 9.10. The van der Waals surface area contributed by atoms with Crippen molar-refractivity contribution in [3.8, 4) is 17.2 Å². The van der Waals surface area contributed by atoms with Gasteiger partial charge in [0.1, 0.15) is 5.78 Å². The molecular formula is C20H24BrNO6S. The Labute approximate surface area is 179 Å². The molecule has 0 saturated carbocycles. The fraction of sp³-hybridized carbons (Fsp3) is 0.350. The summed E-state index contributed by atoms with van der Waals surface area (Å²) in [6, 6.07) is 8.76. The van der Waals surface area contributed by atoms with E-state index >= 15 is 0 Å². The van der Waals surface area contributed by atoms with Crippen LogP contribution in [0, 0.1) is 6.92 Å². The number of hydrogen-bond acceptors (Lipinski definition) is 6. The number of halogens is 1. The van der Waals surface area contributed by atoms with Crippen LogP contribution in [0.4, 0.5) is 0 Å². The molecule has 2 aromatic rings. The number of methoxy groups -OCH3 is 3. The first-order valence-electron chi connectivity index (χ1n) is 8.68. The van der Waals surface area contributed by atoms with Gasteiger partial charge < -0.3 is 14.2 Å². The van der Waals surface area contributed by atoms with Crippen LogP contribution in [0.15, 0.2) is 41.3 Å². The Morgan fingerprint density at radius 3 is 1.93 bits per heavy atom. The zero-order chi connectivity index (χ0) is 21.8. The van der Waals surface area contributed by atoms with Gasteiger partial charge in [0.05, 0.1) is 37.1 Å². The number of aryl methyl sites for hydroxylation is 1. The molecule has 2 aromatic carbocycles. The summed E-state index contributed by atoms with van der Waals surface area (Å²) < 4.78 is 44.6. The molecule has 2 rings (SSSR count). The molecule has 0 saturated heterocycles. The standard InChI is InChI=1S/C20H24BrNO6S/c1-12-6-8-15(9-7-12)29(24,25)22-19(18(21)13(2)23)14-10-16(26-3)20(28-5)17(11-14)27-4/h6-11,18-19,22H,1-5H3/t18-,19+/m1/s1. The van der Waals surface area contributed by atoms with E-state index in [1.165, 1.54) is 40.4 Å². The Bertz CT molecular complexity index is 950. The second kappa shape index (κ2) is 9.60. The van der Waals surface area contributed by atoms with Gasteiger partial charge >= 0.3 is 0 Å². The fourth-order valence-corrected chi connectivity index (χ4v) is 4.61. The summed E-state index contributed by atoms with van der Waals surface area (Å²) in [5, 5.41) is 0. The number of alkyl halides is 1. The molecule has 0 spiro atoms. The summed E-state index contributed by atoms with van der Waals surface area (Å²) in [5.74, 6) is 0.831. The zero-order valence-electron chi connectivity index (χ0n) is 16.9. The van der Waals surface area contributed by atoms with Crippen LogP contribution in [0.3, 0.4) is 0 Å². The molecule has 7 nitrogen and oxygen atoms in total. The average Bonchev–Trinajstić information content (AvgIpc) is 2.70. The van der Waals surface area contributed by atoms with Crippen LogP contribution < -0.4 is 18.9 Å². The Kier molecular flexibility index (Phi) is 7.67. The minimum atomic E-state index is -3.90. The highest BCUT2D eigenvalue weighted by Gasteiger charge is 2.31. The first-order chi connectivity index (χ1) is 13.6. The second-order valence-corrected chi connectivity index (χ2v) is 9.08. The van der Waals surface area contributed by atoms with Crippen molar-refractivity contribution in [3.05, 3.63) is 47.5 Å². The maximum Gasteiger partial charge on any atom is 0.241 e. The molecule has 1 N–H and O–H groups in total. The lowest BCUT2D eigenvalue weighted by atomic mass is 10.0. The molecule has 0 amide bonds. The van der Waals surface area contributed by atoms with Gasteiger partial charge in [0.15, 0.2) is 11.5 Å². The first-order valence-corrected chi connectivity index (χ1v) is 11.1. The summed E-state index contributed by atoms with van der Waals surface area (Å²) in [5.41, 5.74) is 1.42. The van der Waals surface area contributed by atoms with Gasteiger partial charge in [-0.25, -0.2) is 13.1 Å². The molecule has 2 atom stereocenters. The Morgan fingerprint density at radius 2 is 1.52 bits per heavy atom. The van der Waals surface area contributed by atoms with E-state index in [4.69, 9.17) is 14.2 Å². The minimum absolute atomic E-state index is 0.101.